The monoisotopic (exact) mass is 315 g/mol. The summed E-state index contributed by atoms with van der Waals surface area (Å²) in [5.41, 5.74) is 0. The van der Waals surface area contributed by atoms with Gasteiger partial charge in [-0.05, 0) is 25.1 Å². The van der Waals surface area contributed by atoms with Crippen molar-refractivity contribution in [3.8, 4) is 11.5 Å². The maximum Gasteiger partial charge on any atom is 0.123 e. The van der Waals surface area contributed by atoms with Gasteiger partial charge in [0.2, 0.25) is 0 Å². The van der Waals surface area contributed by atoms with E-state index in [2.05, 4.69) is 5.32 Å². The van der Waals surface area contributed by atoms with E-state index in [0.29, 0.717) is 12.3 Å². The maximum atomic E-state index is 11.2. The number of hydrogen-bond donors (Lipinski definition) is 2. The number of aliphatic hydroxyl groups excluding tert-OH is 1. The van der Waals surface area contributed by atoms with E-state index in [9.17, 15) is 9.32 Å². The molecule has 0 radical (unpaired) electrons. The van der Waals surface area contributed by atoms with Crippen molar-refractivity contribution in [3.05, 3.63) is 24.3 Å². The van der Waals surface area contributed by atoms with Gasteiger partial charge in [-0.1, -0.05) is 13.0 Å². The number of aliphatic hydroxyl groups is 1. The molecule has 3 atom stereocenters. The van der Waals surface area contributed by atoms with Crippen LogP contribution in [-0.4, -0.2) is 53.7 Å². The highest BCUT2D eigenvalue weighted by atomic mass is 32.2. The molecule has 0 aliphatic rings. The third-order valence-corrected chi connectivity index (χ3v) is 4.53. The van der Waals surface area contributed by atoms with Gasteiger partial charge >= 0.3 is 0 Å². The minimum atomic E-state index is -0.795. The maximum absolute atomic E-state index is 11.2. The second-order valence-corrected chi connectivity index (χ2v) is 6.75. The molecule has 3 unspecified atom stereocenters. The highest BCUT2D eigenvalue weighted by Gasteiger charge is 2.08. The van der Waals surface area contributed by atoms with Gasteiger partial charge in [-0.2, -0.15) is 0 Å². The van der Waals surface area contributed by atoms with E-state index < -0.39 is 16.9 Å². The van der Waals surface area contributed by atoms with Crippen LogP contribution in [-0.2, 0) is 10.8 Å². The van der Waals surface area contributed by atoms with Crippen molar-refractivity contribution in [2.24, 2.45) is 0 Å². The summed E-state index contributed by atoms with van der Waals surface area (Å²) in [6, 6.07) is 7.27. The summed E-state index contributed by atoms with van der Waals surface area (Å²) < 4.78 is 21.8. The van der Waals surface area contributed by atoms with Crippen LogP contribution in [0.25, 0.3) is 0 Å². The molecule has 0 saturated heterocycles. The normalized spacial score (nSPS) is 15.2. The lowest BCUT2D eigenvalue weighted by Crippen LogP contribution is -2.33. The fourth-order valence-electron chi connectivity index (χ4n) is 1.68. The first-order valence-electron chi connectivity index (χ1n) is 7.00. The second-order valence-electron chi connectivity index (χ2n) is 4.95. The minimum Gasteiger partial charge on any atom is -0.497 e. The third kappa shape index (κ3) is 7.45. The van der Waals surface area contributed by atoms with Crippen LogP contribution < -0.4 is 14.8 Å². The zero-order valence-corrected chi connectivity index (χ0v) is 13.7. The van der Waals surface area contributed by atoms with E-state index in [1.807, 2.05) is 25.1 Å². The van der Waals surface area contributed by atoms with Crippen LogP contribution in [0.15, 0.2) is 24.3 Å². The molecule has 1 aromatic carbocycles. The lowest BCUT2D eigenvalue weighted by atomic mass is 10.3. The van der Waals surface area contributed by atoms with Gasteiger partial charge in [0, 0.05) is 34.9 Å². The molecule has 21 heavy (non-hydrogen) atoms. The van der Waals surface area contributed by atoms with Crippen LogP contribution in [0.3, 0.4) is 0 Å². The topological polar surface area (TPSA) is 67.8 Å². The number of hydrogen-bond acceptors (Lipinski definition) is 5. The van der Waals surface area contributed by atoms with Gasteiger partial charge in [0.15, 0.2) is 0 Å². The number of benzene rings is 1. The lowest BCUT2D eigenvalue weighted by Gasteiger charge is -2.14. The summed E-state index contributed by atoms with van der Waals surface area (Å²) in [6.45, 7) is 3.36. The van der Waals surface area contributed by atoms with Gasteiger partial charge in [0.25, 0.3) is 0 Å². The van der Waals surface area contributed by atoms with Gasteiger partial charge in [-0.3, -0.25) is 4.21 Å². The van der Waals surface area contributed by atoms with Gasteiger partial charge < -0.3 is 19.9 Å². The second kappa shape index (κ2) is 9.76. The van der Waals surface area contributed by atoms with Crippen LogP contribution in [0.5, 0.6) is 11.5 Å². The van der Waals surface area contributed by atoms with E-state index in [0.717, 1.165) is 18.7 Å². The molecular formula is C15H25NO4S. The molecule has 120 valence electrons. The average molecular weight is 315 g/mol. The number of ether oxygens (including phenoxy) is 2. The molecule has 2 N–H and O–H groups in total. The zero-order valence-electron chi connectivity index (χ0n) is 12.9. The minimum absolute atomic E-state index is 0.169. The Labute approximate surface area is 129 Å². The van der Waals surface area contributed by atoms with Gasteiger partial charge in [0.05, 0.1) is 7.11 Å². The van der Waals surface area contributed by atoms with Crippen molar-refractivity contribution in [2.45, 2.75) is 24.7 Å². The predicted octanol–water partition coefficient (Wildman–Crippen LogP) is 1.18. The van der Waals surface area contributed by atoms with E-state index in [1.54, 1.807) is 19.4 Å². The van der Waals surface area contributed by atoms with Gasteiger partial charge in [-0.15, -0.1) is 0 Å². The van der Waals surface area contributed by atoms with Crippen molar-refractivity contribution in [1.82, 2.24) is 5.32 Å². The lowest BCUT2D eigenvalue weighted by molar-refractivity contribution is 0.106. The van der Waals surface area contributed by atoms with Crippen molar-refractivity contribution in [2.75, 3.05) is 33.1 Å². The van der Waals surface area contributed by atoms with Crippen molar-refractivity contribution >= 4 is 10.8 Å². The van der Waals surface area contributed by atoms with Crippen molar-refractivity contribution < 1.29 is 18.8 Å². The molecule has 6 heteroatoms. The Morgan fingerprint density at radius 1 is 1.38 bits per heavy atom. The smallest absolute Gasteiger partial charge is 0.123 e. The summed E-state index contributed by atoms with van der Waals surface area (Å²) >= 11 is 0. The Morgan fingerprint density at radius 3 is 2.76 bits per heavy atom. The Kier molecular flexibility index (Phi) is 8.34. The molecule has 0 aromatic heterocycles. The van der Waals surface area contributed by atoms with E-state index >= 15 is 0 Å². The first kappa shape index (κ1) is 17.9. The molecule has 1 aromatic rings. The van der Waals surface area contributed by atoms with Crippen LogP contribution >= 0.6 is 0 Å². The molecule has 0 aliphatic heterocycles. The van der Waals surface area contributed by atoms with Crippen LogP contribution in [0.4, 0.5) is 0 Å². The molecule has 0 spiro atoms. The van der Waals surface area contributed by atoms with E-state index in [-0.39, 0.29) is 11.9 Å². The first-order chi connectivity index (χ1) is 10.0. The summed E-state index contributed by atoms with van der Waals surface area (Å²) in [4.78, 5) is 0. The standard InChI is InChI=1S/C15H25NO4S/c1-12(21(3)18)7-8-16-10-13(17)11-20-15-6-4-5-14(9-15)19-2/h4-6,9,12-13,16-17H,7-8,10-11H2,1-3H3. The number of nitrogens with one attached hydrogen (secondary N) is 1. The summed E-state index contributed by atoms with van der Waals surface area (Å²) in [7, 11) is 0.804. The average Bonchev–Trinajstić information content (AvgIpc) is 2.49. The highest BCUT2D eigenvalue weighted by molar-refractivity contribution is 7.84. The first-order valence-corrected chi connectivity index (χ1v) is 8.63. The summed E-state index contributed by atoms with van der Waals surface area (Å²) in [6.07, 6.45) is 1.95. The van der Waals surface area contributed by atoms with Gasteiger partial charge in [-0.25, -0.2) is 0 Å². The molecule has 1 rings (SSSR count). The summed E-state index contributed by atoms with van der Waals surface area (Å²) in [5, 5.41) is 13.1. The van der Waals surface area contributed by atoms with Crippen molar-refractivity contribution in [3.63, 3.8) is 0 Å². The molecule has 0 fully saturated rings. The molecule has 0 amide bonds. The van der Waals surface area contributed by atoms with Crippen molar-refractivity contribution in [1.29, 1.82) is 0 Å². The van der Waals surface area contributed by atoms with Crippen LogP contribution in [0, 0.1) is 0 Å². The fourth-order valence-corrected chi connectivity index (χ4v) is 2.13. The van der Waals surface area contributed by atoms with Gasteiger partial charge in [0.1, 0.15) is 24.2 Å². The quantitative estimate of drug-likeness (QED) is 0.635. The third-order valence-electron chi connectivity index (χ3n) is 3.16. The van der Waals surface area contributed by atoms with Crippen LogP contribution in [0.1, 0.15) is 13.3 Å². The molecule has 0 saturated carbocycles. The molecule has 0 aliphatic carbocycles. The molecule has 5 nitrogen and oxygen atoms in total. The zero-order chi connectivity index (χ0) is 15.7. The largest absolute Gasteiger partial charge is 0.497 e. The summed E-state index contributed by atoms with van der Waals surface area (Å²) in [5.74, 6) is 1.39. The number of methoxy groups -OCH3 is 1. The fraction of sp³-hybridized carbons (Fsp3) is 0.600. The predicted molar refractivity (Wildman–Crippen MR) is 85.5 cm³/mol. The van der Waals surface area contributed by atoms with E-state index in [1.165, 1.54) is 0 Å². The SMILES string of the molecule is COc1cccc(OCC(O)CNCCC(C)S(C)=O)c1. The Morgan fingerprint density at radius 2 is 2.10 bits per heavy atom. The van der Waals surface area contributed by atoms with E-state index in [4.69, 9.17) is 9.47 Å². The molecule has 0 heterocycles. The Balaban J connectivity index is 2.19. The Bertz CT molecular complexity index is 441. The Hall–Kier alpha value is -1.11. The molecular weight excluding hydrogens is 290 g/mol. The number of rotatable bonds is 10. The molecule has 0 bridgehead atoms. The highest BCUT2D eigenvalue weighted by Crippen LogP contribution is 2.18. The van der Waals surface area contributed by atoms with Crippen LogP contribution in [0.2, 0.25) is 0 Å².